The standard InChI is InChI=1S/C23H18BrClN4O6S3/c1-10-27-28-23(38-10)37-9-11-8-36-21-17(20(31)29(21)18(11)22(32)33)26-19(30)16-5-3-13(35-16)7-34-15-4-2-12(24)6-14(15)25/h2-6,17,21H,7-9H2,1H3,(H,26,30)(H,32,33)/t17-,21-/m0/s1. The first-order valence-electron chi connectivity index (χ1n) is 11.0. The quantitative estimate of drug-likeness (QED) is 0.249. The number of aromatic nitrogens is 2. The van der Waals surface area contributed by atoms with E-state index in [4.69, 9.17) is 20.8 Å². The highest BCUT2D eigenvalue weighted by molar-refractivity contribution is 9.10. The summed E-state index contributed by atoms with van der Waals surface area (Å²) >= 11 is 13.7. The summed E-state index contributed by atoms with van der Waals surface area (Å²) in [5.74, 6) is -0.590. The van der Waals surface area contributed by atoms with E-state index in [2.05, 4.69) is 31.4 Å². The highest BCUT2D eigenvalue weighted by Gasteiger charge is 2.54. The lowest BCUT2D eigenvalue weighted by Crippen LogP contribution is -2.70. The number of nitrogens with one attached hydrogen (secondary N) is 1. The summed E-state index contributed by atoms with van der Waals surface area (Å²) in [4.78, 5) is 39.0. The minimum absolute atomic E-state index is 0.0102. The number of carbonyl (C=O) groups is 3. The van der Waals surface area contributed by atoms with Crippen molar-refractivity contribution in [2.45, 2.75) is 29.3 Å². The molecule has 198 valence electrons. The molecule has 2 amide bonds. The number of amides is 2. The van der Waals surface area contributed by atoms with Gasteiger partial charge in [0.1, 0.15) is 40.2 Å². The maximum Gasteiger partial charge on any atom is 0.352 e. The molecular weight excluding hydrogens is 640 g/mol. The molecule has 1 saturated heterocycles. The number of β-lactam (4-membered cyclic amide) rings is 1. The number of thioether (sulfide) groups is 2. The molecule has 2 aliphatic heterocycles. The Morgan fingerprint density at radius 3 is 2.87 bits per heavy atom. The summed E-state index contributed by atoms with van der Waals surface area (Å²) in [6.45, 7) is 1.89. The maximum absolute atomic E-state index is 12.9. The van der Waals surface area contributed by atoms with Crippen LogP contribution >= 0.6 is 62.4 Å². The van der Waals surface area contributed by atoms with Crippen LogP contribution < -0.4 is 10.1 Å². The van der Waals surface area contributed by atoms with Crippen molar-refractivity contribution >= 4 is 80.2 Å². The van der Waals surface area contributed by atoms with Crippen LogP contribution in [0.1, 0.15) is 21.3 Å². The summed E-state index contributed by atoms with van der Waals surface area (Å²) in [6.07, 6.45) is 0. The Balaban J connectivity index is 1.20. The van der Waals surface area contributed by atoms with Gasteiger partial charge in [-0.15, -0.1) is 22.0 Å². The first kappa shape index (κ1) is 27.1. The number of hydrogen-bond acceptors (Lipinski definition) is 10. The number of rotatable bonds is 9. The largest absolute Gasteiger partial charge is 0.484 e. The lowest BCUT2D eigenvalue weighted by molar-refractivity contribution is -0.148. The van der Waals surface area contributed by atoms with Crippen LogP contribution in [0, 0.1) is 6.92 Å². The number of carboxylic acids is 1. The zero-order valence-corrected chi connectivity index (χ0v) is 24.3. The van der Waals surface area contributed by atoms with Crippen LogP contribution in [0.15, 0.2) is 54.8 Å². The molecule has 0 radical (unpaired) electrons. The molecule has 0 spiro atoms. The van der Waals surface area contributed by atoms with Crippen molar-refractivity contribution in [2.24, 2.45) is 0 Å². The minimum Gasteiger partial charge on any atom is -0.484 e. The first-order chi connectivity index (χ1) is 18.2. The molecule has 0 unspecified atom stereocenters. The molecule has 10 nitrogen and oxygen atoms in total. The Morgan fingerprint density at radius 2 is 2.16 bits per heavy atom. The van der Waals surface area contributed by atoms with Crippen LogP contribution in [0.5, 0.6) is 5.75 Å². The average molecular weight is 658 g/mol. The first-order valence-corrected chi connectivity index (χ1v) is 15.0. The Hall–Kier alpha value is -2.52. The number of aryl methyl sites for hydroxylation is 1. The van der Waals surface area contributed by atoms with Gasteiger partial charge >= 0.3 is 5.97 Å². The highest BCUT2D eigenvalue weighted by Crippen LogP contribution is 2.42. The smallest absolute Gasteiger partial charge is 0.352 e. The van der Waals surface area contributed by atoms with Gasteiger partial charge in [-0.05, 0) is 42.8 Å². The number of hydrogen-bond donors (Lipinski definition) is 2. The van der Waals surface area contributed by atoms with Gasteiger partial charge in [-0.25, -0.2) is 4.79 Å². The van der Waals surface area contributed by atoms with E-state index in [0.29, 0.717) is 33.6 Å². The molecule has 0 saturated carbocycles. The number of ether oxygens (including phenoxy) is 1. The summed E-state index contributed by atoms with van der Waals surface area (Å²) in [6, 6.07) is 7.41. The van der Waals surface area contributed by atoms with Crippen LogP contribution in [0.25, 0.3) is 0 Å². The second-order valence-electron chi connectivity index (χ2n) is 8.12. The summed E-state index contributed by atoms with van der Waals surface area (Å²) in [5.41, 5.74) is 0.582. The fourth-order valence-corrected chi connectivity index (χ4v) is 7.84. The summed E-state index contributed by atoms with van der Waals surface area (Å²) in [5, 5.41) is 21.2. The van der Waals surface area contributed by atoms with Gasteiger partial charge in [0.15, 0.2) is 10.1 Å². The SMILES string of the molecule is Cc1nnc(SCC2=C(C(=O)O)N3C(=O)[C@H](NC(=O)c4ccc(COc5ccc(Br)cc5Cl)o4)[C@@H]3SC2)s1. The monoisotopic (exact) mass is 656 g/mol. The molecular formula is C23H18BrClN4O6S3. The predicted molar refractivity (Wildman–Crippen MR) is 147 cm³/mol. The molecule has 2 aliphatic rings. The van der Waals surface area contributed by atoms with E-state index in [1.165, 1.54) is 45.8 Å². The fraction of sp³-hybridized carbons (Fsp3) is 0.261. The molecule has 15 heteroatoms. The zero-order chi connectivity index (χ0) is 27.0. The normalized spacial score (nSPS) is 18.7. The number of fused-ring (bicyclic) bond motifs is 1. The predicted octanol–water partition coefficient (Wildman–Crippen LogP) is 4.58. The Bertz CT molecular complexity index is 1460. The molecule has 2 N–H and O–H groups in total. The minimum atomic E-state index is -1.18. The third-order valence-corrected chi connectivity index (χ3v) is 9.75. The van der Waals surface area contributed by atoms with Gasteiger partial charge in [-0.3, -0.25) is 14.5 Å². The number of halogens is 2. The van der Waals surface area contributed by atoms with Crippen molar-refractivity contribution in [3.8, 4) is 5.75 Å². The Kier molecular flexibility index (Phi) is 8.05. The van der Waals surface area contributed by atoms with Crippen LogP contribution in [-0.4, -0.2) is 60.9 Å². The molecule has 1 aromatic carbocycles. The van der Waals surface area contributed by atoms with Crippen LogP contribution in [0.2, 0.25) is 5.02 Å². The van der Waals surface area contributed by atoms with Crippen molar-refractivity contribution in [3.05, 3.63) is 67.6 Å². The summed E-state index contributed by atoms with van der Waals surface area (Å²) in [7, 11) is 0. The lowest BCUT2D eigenvalue weighted by atomic mass is 10.0. The fourth-order valence-electron chi connectivity index (χ4n) is 3.81. The van der Waals surface area contributed by atoms with Gasteiger partial charge in [0.25, 0.3) is 11.8 Å². The second-order valence-corrected chi connectivity index (χ2v) is 13.0. The van der Waals surface area contributed by atoms with Gasteiger partial charge in [-0.2, -0.15) is 0 Å². The topological polar surface area (TPSA) is 135 Å². The molecule has 5 rings (SSSR count). The number of benzene rings is 1. The number of carbonyl (C=O) groups excluding carboxylic acids is 2. The van der Waals surface area contributed by atoms with Crippen LogP contribution in [0.4, 0.5) is 0 Å². The van der Waals surface area contributed by atoms with Crippen molar-refractivity contribution < 1.29 is 28.6 Å². The second kappa shape index (κ2) is 11.3. The number of furan rings is 1. The van der Waals surface area contributed by atoms with E-state index in [0.717, 1.165) is 13.8 Å². The van der Waals surface area contributed by atoms with Crippen molar-refractivity contribution in [3.63, 3.8) is 0 Å². The Labute approximate surface area is 242 Å². The van der Waals surface area contributed by atoms with E-state index in [-0.39, 0.29) is 18.1 Å². The van der Waals surface area contributed by atoms with E-state index in [9.17, 15) is 19.5 Å². The van der Waals surface area contributed by atoms with Gasteiger partial charge in [0.05, 0.1) is 5.02 Å². The van der Waals surface area contributed by atoms with E-state index >= 15 is 0 Å². The third-order valence-electron chi connectivity index (χ3n) is 5.56. The maximum atomic E-state index is 12.9. The number of aliphatic carboxylic acids is 1. The van der Waals surface area contributed by atoms with E-state index < -0.39 is 29.2 Å². The molecule has 2 atom stereocenters. The number of nitrogens with zero attached hydrogens (tertiary/aromatic N) is 3. The number of carboxylic acid groups (broad SMARTS) is 1. The Morgan fingerprint density at radius 1 is 1.34 bits per heavy atom. The molecule has 4 heterocycles. The molecule has 3 aromatic rings. The van der Waals surface area contributed by atoms with E-state index in [1.807, 2.05) is 6.92 Å². The van der Waals surface area contributed by atoms with Crippen molar-refractivity contribution in [1.82, 2.24) is 20.4 Å². The van der Waals surface area contributed by atoms with E-state index in [1.54, 1.807) is 24.3 Å². The lowest BCUT2D eigenvalue weighted by Gasteiger charge is -2.49. The highest BCUT2D eigenvalue weighted by atomic mass is 79.9. The molecule has 0 bridgehead atoms. The average Bonchev–Trinajstić information content (AvgIpc) is 3.53. The molecule has 2 aromatic heterocycles. The van der Waals surface area contributed by atoms with Gasteiger partial charge < -0.3 is 19.6 Å². The molecule has 1 fully saturated rings. The third kappa shape index (κ3) is 5.59. The van der Waals surface area contributed by atoms with Gasteiger partial charge in [-0.1, -0.05) is 50.6 Å². The molecule has 0 aliphatic carbocycles. The zero-order valence-electron chi connectivity index (χ0n) is 19.5. The summed E-state index contributed by atoms with van der Waals surface area (Å²) < 4.78 is 12.8. The van der Waals surface area contributed by atoms with Crippen LogP contribution in [-0.2, 0) is 16.2 Å². The molecule has 38 heavy (non-hydrogen) atoms. The van der Waals surface area contributed by atoms with Crippen molar-refractivity contribution in [2.75, 3.05) is 11.5 Å². The van der Waals surface area contributed by atoms with Crippen molar-refractivity contribution in [1.29, 1.82) is 0 Å². The van der Waals surface area contributed by atoms with Gasteiger partial charge in [0, 0.05) is 16.0 Å². The van der Waals surface area contributed by atoms with Gasteiger partial charge in [0.2, 0.25) is 0 Å². The van der Waals surface area contributed by atoms with Crippen LogP contribution in [0.3, 0.4) is 0 Å².